The number of nitrogens with one attached hydrogen (secondary N) is 1. The highest BCUT2D eigenvalue weighted by Gasteiger charge is 2.19. The molecule has 1 aromatic carbocycles. The third kappa shape index (κ3) is 4.53. The zero-order valence-electron chi connectivity index (χ0n) is 13.4. The lowest BCUT2D eigenvalue weighted by Crippen LogP contribution is -2.40. The Morgan fingerprint density at radius 2 is 2.17 bits per heavy atom. The molecule has 126 valence electrons. The Hall–Kier alpha value is -1.92. The Balaban J connectivity index is 0.00000264. The molecule has 1 amide bonds. The number of halogens is 2. The van der Waals surface area contributed by atoms with Crippen LogP contribution in [0.5, 0.6) is 0 Å². The highest BCUT2D eigenvalue weighted by atomic mass is 35.5. The second-order valence-electron chi connectivity index (χ2n) is 5.53. The summed E-state index contributed by atoms with van der Waals surface area (Å²) in [6, 6.07) is 3.87. The van der Waals surface area contributed by atoms with Crippen LogP contribution in [0.3, 0.4) is 0 Å². The number of hydrogen-bond acceptors (Lipinski definition) is 3. The monoisotopic (exact) mass is 340 g/mol. The molecule has 0 radical (unpaired) electrons. The summed E-state index contributed by atoms with van der Waals surface area (Å²) in [4.78, 5) is 12.0. The maximum atomic E-state index is 14.2. The number of aromatic nitrogens is 2. The minimum Gasteiger partial charge on any atom is -0.325 e. The van der Waals surface area contributed by atoms with E-state index in [4.69, 9.17) is 5.73 Å². The van der Waals surface area contributed by atoms with Gasteiger partial charge in [-0.3, -0.25) is 4.79 Å². The molecule has 7 heteroatoms. The van der Waals surface area contributed by atoms with E-state index in [0.717, 1.165) is 12.0 Å². The summed E-state index contributed by atoms with van der Waals surface area (Å²) >= 11 is 0. The number of benzene rings is 1. The minimum atomic E-state index is -0.610. The lowest BCUT2D eigenvalue weighted by molar-refractivity contribution is -0.118. The van der Waals surface area contributed by atoms with Crippen LogP contribution in [-0.4, -0.2) is 21.7 Å². The molecule has 2 aromatic rings. The number of anilines is 1. The van der Waals surface area contributed by atoms with Crippen molar-refractivity contribution in [3.63, 3.8) is 0 Å². The maximum absolute atomic E-state index is 14.2. The highest BCUT2D eigenvalue weighted by Crippen LogP contribution is 2.19. The van der Waals surface area contributed by atoms with E-state index in [0.29, 0.717) is 11.4 Å². The van der Waals surface area contributed by atoms with Gasteiger partial charge in [0, 0.05) is 11.9 Å². The van der Waals surface area contributed by atoms with Gasteiger partial charge in [0.1, 0.15) is 5.69 Å². The molecule has 3 N–H and O–H groups in total. The molecule has 5 nitrogen and oxygen atoms in total. The standard InChI is InChI=1S/C16H21FN4O.ClH/c1-4-11(3)15(18)16(22)20-12-5-6-14(13(17)7-12)21-9-10(2)8-19-21;/h5-9,11,15H,4,18H2,1-3H3,(H,20,22);1H. The van der Waals surface area contributed by atoms with Gasteiger partial charge in [-0.15, -0.1) is 12.4 Å². The van der Waals surface area contributed by atoms with E-state index in [1.807, 2.05) is 20.8 Å². The van der Waals surface area contributed by atoms with Crippen LogP contribution in [0.2, 0.25) is 0 Å². The van der Waals surface area contributed by atoms with Gasteiger partial charge in [-0.25, -0.2) is 9.07 Å². The summed E-state index contributed by atoms with van der Waals surface area (Å²) < 4.78 is 15.6. The summed E-state index contributed by atoms with van der Waals surface area (Å²) in [7, 11) is 0. The summed E-state index contributed by atoms with van der Waals surface area (Å²) in [6.07, 6.45) is 4.19. The predicted octanol–water partition coefficient (Wildman–Crippen LogP) is 3.05. The van der Waals surface area contributed by atoms with E-state index in [2.05, 4.69) is 10.4 Å². The molecule has 0 saturated carbocycles. The molecular weight excluding hydrogens is 319 g/mol. The Bertz CT molecular complexity index is 674. The quantitative estimate of drug-likeness (QED) is 0.878. The average Bonchev–Trinajstić information content (AvgIpc) is 2.92. The van der Waals surface area contributed by atoms with Crippen molar-refractivity contribution in [1.82, 2.24) is 9.78 Å². The van der Waals surface area contributed by atoms with Crippen LogP contribution in [0.25, 0.3) is 5.69 Å². The second-order valence-corrected chi connectivity index (χ2v) is 5.53. The second kappa shape index (κ2) is 8.08. The first-order valence-corrected chi connectivity index (χ1v) is 7.30. The van der Waals surface area contributed by atoms with Crippen LogP contribution >= 0.6 is 12.4 Å². The molecule has 1 heterocycles. The maximum Gasteiger partial charge on any atom is 0.241 e. The fraction of sp³-hybridized carbons (Fsp3) is 0.375. The van der Waals surface area contributed by atoms with Gasteiger partial charge >= 0.3 is 0 Å². The van der Waals surface area contributed by atoms with Gasteiger partial charge < -0.3 is 11.1 Å². The molecule has 0 aliphatic carbocycles. The van der Waals surface area contributed by atoms with Gasteiger partial charge in [0.15, 0.2) is 5.82 Å². The normalized spacial score (nSPS) is 13.1. The molecule has 2 rings (SSSR count). The van der Waals surface area contributed by atoms with Gasteiger partial charge in [-0.05, 0) is 36.6 Å². The summed E-state index contributed by atoms with van der Waals surface area (Å²) in [6.45, 7) is 5.76. The largest absolute Gasteiger partial charge is 0.325 e. The van der Waals surface area contributed by atoms with Crippen LogP contribution in [0.4, 0.5) is 10.1 Å². The first-order valence-electron chi connectivity index (χ1n) is 7.30. The van der Waals surface area contributed by atoms with Crippen molar-refractivity contribution in [2.24, 2.45) is 11.7 Å². The van der Waals surface area contributed by atoms with Crippen LogP contribution in [0.1, 0.15) is 25.8 Å². The minimum absolute atomic E-state index is 0. The number of aryl methyl sites for hydroxylation is 1. The van der Waals surface area contributed by atoms with Crippen molar-refractivity contribution in [3.8, 4) is 5.69 Å². The van der Waals surface area contributed by atoms with E-state index in [1.165, 1.54) is 10.7 Å². The van der Waals surface area contributed by atoms with Crippen molar-refractivity contribution < 1.29 is 9.18 Å². The topological polar surface area (TPSA) is 72.9 Å². The van der Waals surface area contributed by atoms with E-state index in [1.54, 1.807) is 24.5 Å². The Morgan fingerprint density at radius 3 is 2.70 bits per heavy atom. The highest BCUT2D eigenvalue weighted by molar-refractivity contribution is 5.94. The van der Waals surface area contributed by atoms with Gasteiger partial charge in [0.25, 0.3) is 0 Å². The Labute approximate surface area is 141 Å². The first kappa shape index (κ1) is 19.1. The molecule has 0 fully saturated rings. The molecule has 2 unspecified atom stereocenters. The van der Waals surface area contributed by atoms with Gasteiger partial charge in [0.05, 0.1) is 12.2 Å². The fourth-order valence-corrected chi connectivity index (χ4v) is 2.05. The van der Waals surface area contributed by atoms with Gasteiger partial charge in [-0.2, -0.15) is 5.10 Å². The number of amides is 1. The van der Waals surface area contributed by atoms with E-state index in [9.17, 15) is 9.18 Å². The summed E-state index contributed by atoms with van der Waals surface area (Å²) in [5.41, 5.74) is 7.52. The molecule has 0 bridgehead atoms. The van der Waals surface area contributed by atoms with Crippen molar-refractivity contribution >= 4 is 24.0 Å². The lowest BCUT2D eigenvalue weighted by atomic mass is 9.99. The predicted molar refractivity (Wildman–Crippen MR) is 91.6 cm³/mol. The zero-order chi connectivity index (χ0) is 16.3. The lowest BCUT2D eigenvalue weighted by Gasteiger charge is -2.18. The van der Waals surface area contributed by atoms with Crippen LogP contribution in [0, 0.1) is 18.7 Å². The molecule has 0 spiro atoms. The number of rotatable bonds is 5. The summed E-state index contributed by atoms with van der Waals surface area (Å²) in [5, 5.41) is 6.72. The Morgan fingerprint density at radius 1 is 1.48 bits per heavy atom. The average molecular weight is 341 g/mol. The third-order valence-electron chi connectivity index (χ3n) is 3.73. The van der Waals surface area contributed by atoms with Gasteiger partial charge in [0.2, 0.25) is 5.91 Å². The molecule has 2 atom stereocenters. The SMILES string of the molecule is CCC(C)C(N)C(=O)Nc1ccc(-n2cc(C)cn2)c(F)c1.Cl. The molecule has 0 aliphatic heterocycles. The van der Waals surface area contributed by atoms with E-state index < -0.39 is 11.9 Å². The number of nitrogens with zero attached hydrogens (tertiary/aromatic N) is 2. The van der Waals surface area contributed by atoms with Crippen LogP contribution in [0.15, 0.2) is 30.6 Å². The molecule has 23 heavy (non-hydrogen) atoms. The third-order valence-corrected chi connectivity index (χ3v) is 3.73. The van der Waals surface area contributed by atoms with E-state index >= 15 is 0 Å². The number of nitrogens with two attached hydrogens (primary N) is 1. The smallest absolute Gasteiger partial charge is 0.241 e. The van der Waals surface area contributed by atoms with Crippen molar-refractivity contribution in [3.05, 3.63) is 42.0 Å². The van der Waals surface area contributed by atoms with Crippen molar-refractivity contribution in [2.75, 3.05) is 5.32 Å². The Kier molecular flexibility index (Phi) is 6.72. The molecule has 0 aliphatic rings. The van der Waals surface area contributed by atoms with Crippen molar-refractivity contribution in [1.29, 1.82) is 0 Å². The molecule has 0 saturated heterocycles. The number of carbonyl (C=O) groups excluding carboxylic acids is 1. The van der Waals surface area contributed by atoms with Gasteiger partial charge in [-0.1, -0.05) is 20.3 Å². The fourth-order valence-electron chi connectivity index (χ4n) is 2.05. The molecular formula is C16H22ClFN4O. The van der Waals surface area contributed by atoms with Crippen molar-refractivity contribution in [2.45, 2.75) is 33.2 Å². The number of carbonyl (C=O) groups is 1. The molecule has 1 aromatic heterocycles. The number of hydrogen-bond donors (Lipinski definition) is 2. The van der Waals surface area contributed by atoms with Crippen LogP contribution in [-0.2, 0) is 4.79 Å². The zero-order valence-corrected chi connectivity index (χ0v) is 14.2. The van der Waals surface area contributed by atoms with Crippen LogP contribution < -0.4 is 11.1 Å². The first-order chi connectivity index (χ1) is 10.4. The van der Waals surface area contributed by atoms with E-state index in [-0.39, 0.29) is 24.2 Å². The summed E-state index contributed by atoms with van der Waals surface area (Å²) in [5.74, 6) is -0.703.